The maximum atomic E-state index is 12.4. The predicted octanol–water partition coefficient (Wildman–Crippen LogP) is 2.96. The van der Waals surface area contributed by atoms with Crippen molar-refractivity contribution in [1.29, 1.82) is 0 Å². The number of amides is 1. The molecule has 0 aromatic heterocycles. The molecule has 1 heterocycles. The summed E-state index contributed by atoms with van der Waals surface area (Å²) in [5.74, 6) is 0. The SMILES string of the molecule is CC(C)(C)OC(=O)N1[C@@H](CO)CC[C@H]1COCc1ccccc1. The van der Waals surface area contributed by atoms with Crippen molar-refractivity contribution in [1.82, 2.24) is 4.90 Å². The second-order valence-electron chi connectivity index (χ2n) is 6.96. The van der Waals surface area contributed by atoms with Crippen molar-refractivity contribution in [2.45, 2.75) is 57.9 Å². The summed E-state index contributed by atoms with van der Waals surface area (Å²) < 4.78 is 11.2. The second-order valence-corrected chi connectivity index (χ2v) is 6.96. The van der Waals surface area contributed by atoms with Crippen molar-refractivity contribution in [3.05, 3.63) is 35.9 Å². The van der Waals surface area contributed by atoms with E-state index in [2.05, 4.69) is 0 Å². The van der Waals surface area contributed by atoms with Gasteiger partial charge in [-0.15, -0.1) is 0 Å². The molecule has 2 rings (SSSR count). The van der Waals surface area contributed by atoms with E-state index in [1.54, 1.807) is 4.90 Å². The van der Waals surface area contributed by atoms with Gasteiger partial charge < -0.3 is 14.6 Å². The van der Waals surface area contributed by atoms with Crippen LogP contribution >= 0.6 is 0 Å². The highest BCUT2D eigenvalue weighted by molar-refractivity contribution is 5.69. The van der Waals surface area contributed by atoms with E-state index >= 15 is 0 Å². The van der Waals surface area contributed by atoms with Crippen molar-refractivity contribution >= 4 is 6.09 Å². The molecule has 1 aromatic rings. The molecule has 2 atom stereocenters. The minimum absolute atomic E-state index is 0.0472. The Morgan fingerprint density at radius 3 is 2.48 bits per heavy atom. The minimum Gasteiger partial charge on any atom is -0.444 e. The molecule has 1 aliphatic heterocycles. The molecule has 1 N–H and O–H groups in total. The third-order valence-electron chi connectivity index (χ3n) is 3.86. The minimum atomic E-state index is -0.547. The fourth-order valence-electron chi connectivity index (χ4n) is 2.80. The summed E-state index contributed by atoms with van der Waals surface area (Å²) in [6, 6.07) is 9.71. The Bertz CT molecular complexity index is 497. The number of carbonyl (C=O) groups excluding carboxylic acids is 1. The van der Waals surface area contributed by atoms with Crippen molar-refractivity contribution in [3.63, 3.8) is 0 Å². The summed E-state index contributed by atoms with van der Waals surface area (Å²) in [4.78, 5) is 14.1. The number of likely N-dealkylation sites (tertiary alicyclic amines) is 1. The molecule has 0 spiro atoms. The fourth-order valence-corrected chi connectivity index (χ4v) is 2.80. The van der Waals surface area contributed by atoms with E-state index in [9.17, 15) is 9.90 Å². The second kappa shape index (κ2) is 7.79. The lowest BCUT2D eigenvalue weighted by Crippen LogP contribution is -2.47. The Morgan fingerprint density at radius 2 is 1.87 bits per heavy atom. The van der Waals surface area contributed by atoms with Gasteiger partial charge in [0.15, 0.2) is 0 Å². The van der Waals surface area contributed by atoms with Crippen LogP contribution in [0.4, 0.5) is 4.79 Å². The van der Waals surface area contributed by atoms with Crippen LogP contribution in [-0.4, -0.2) is 47.0 Å². The van der Waals surface area contributed by atoms with Gasteiger partial charge >= 0.3 is 6.09 Å². The highest BCUT2D eigenvalue weighted by Crippen LogP contribution is 2.26. The predicted molar refractivity (Wildman–Crippen MR) is 88.1 cm³/mol. The zero-order valence-electron chi connectivity index (χ0n) is 14.2. The lowest BCUT2D eigenvalue weighted by molar-refractivity contribution is -0.00545. The number of aliphatic hydroxyl groups is 1. The van der Waals surface area contributed by atoms with Gasteiger partial charge in [0.2, 0.25) is 0 Å². The summed E-state index contributed by atoms with van der Waals surface area (Å²) >= 11 is 0. The zero-order chi connectivity index (χ0) is 16.9. The lowest BCUT2D eigenvalue weighted by Gasteiger charge is -2.31. The van der Waals surface area contributed by atoms with Crippen molar-refractivity contribution in [2.24, 2.45) is 0 Å². The highest BCUT2D eigenvalue weighted by atomic mass is 16.6. The molecule has 128 valence electrons. The molecule has 0 unspecified atom stereocenters. The van der Waals surface area contributed by atoms with E-state index in [4.69, 9.17) is 9.47 Å². The number of carbonyl (C=O) groups is 1. The first kappa shape index (κ1) is 17.8. The average molecular weight is 321 g/mol. The smallest absolute Gasteiger partial charge is 0.410 e. The molecule has 1 fully saturated rings. The number of aliphatic hydroxyl groups excluding tert-OH is 1. The van der Waals surface area contributed by atoms with Gasteiger partial charge in [0.1, 0.15) is 5.60 Å². The van der Waals surface area contributed by atoms with Crippen LogP contribution in [0.5, 0.6) is 0 Å². The molecule has 0 bridgehead atoms. The van der Waals surface area contributed by atoms with Gasteiger partial charge in [-0.05, 0) is 39.2 Å². The molecule has 5 heteroatoms. The van der Waals surface area contributed by atoms with Gasteiger partial charge in [0.25, 0.3) is 0 Å². The summed E-state index contributed by atoms with van der Waals surface area (Å²) in [6.45, 7) is 6.45. The normalized spacial score (nSPS) is 21.5. The average Bonchev–Trinajstić information content (AvgIpc) is 2.90. The van der Waals surface area contributed by atoms with Crippen LogP contribution in [-0.2, 0) is 16.1 Å². The fraction of sp³-hybridized carbons (Fsp3) is 0.611. The Hall–Kier alpha value is -1.59. The quantitative estimate of drug-likeness (QED) is 0.906. The molecule has 1 aromatic carbocycles. The molecule has 1 saturated heterocycles. The number of hydrogen-bond acceptors (Lipinski definition) is 4. The molecule has 0 saturated carbocycles. The lowest BCUT2D eigenvalue weighted by atomic mass is 10.2. The van der Waals surface area contributed by atoms with Crippen LogP contribution in [0.15, 0.2) is 30.3 Å². The first-order valence-corrected chi connectivity index (χ1v) is 8.14. The van der Waals surface area contributed by atoms with Crippen LogP contribution in [0, 0.1) is 0 Å². The van der Waals surface area contributed by atoms with Gasteiger partial charge in [0.05, 0.1) is 31.9 Å². The van der Waals surface area contributed by atoms with Crippen molar-refractivity contribution in [2.75, 3.05) is 13.2 Å². The molecular weight excluding hydrogens is 294 g/mol. The Morgan fingerprint density at radius 1 is 1.22 bits per heavy atom. The van der Waals surface area contributed by atoms with E-state index in [-0.39, 0.29) is 24.8 Å². The largest absolute Gasteiger partial charge is 0.444 e. The molecular formula is C18H27NO4. The van der Waals surface area contributed by atoms with Crippen LogP contribution in [0.1, 0.15) is 39.2 Å². The topological polar surface area (TPSA) is 59.0 Å². The van der Waals surface area contributed by atoms with Gasteiger partial charge in [-0.1, -0.05) is 30.3 Å². The Kier molecular flexibility index (Phi) is 6.02. The van der Waals surface area contributed by atoms with E-state index in [1.807, 2.05) is 51.1 Å². The summed E-state index contributed by atoms with van der Waals surface area (Å²) in [5, 5.41) is 9.51. The number of hydrogen-bond donors (Lipinski definition) is 1. The first-order valence-electron chi connectivity index (χ1n) is 8.14. The molecule has 0 aliphatic carbocycles. The molecule has 0 radical (unpaired) electrons. The Labute approximate surface area is 138 Å². The number of rotatable bonds is 5. The molecule has 23 heavy (non-hydrogen) atoms. The third kappa shape index (κ3) is 5.22. The molecule has 1 aliphatic rings. The van der Waals surface area contributed by atoms with E-state index in [0.29, 0.717) is 13.2 Å². The number of ether oxygens (including phenoxy) is 2. The summed E-state index contributed by atoms with van der Waals surface area (Å²) in [6.07, 6.45) is 1.22. The van der Waals surface area contributed by atoms with Gasteiger partial charge in [0, 0.05) is 0 Å². The van der Waals surface area contributed by atoms with E-state index < -0.39 is 5.60 Å². The van der Waals surface area contributed by atoms with E-state index in [1.165, 1.54) is 0 Å². The molecule has 1 amide bonds. The van der Waals surface area contributed by atoms with Crippen molar-refractivity contribution < 1.29 is 19.4 Å². The van der Waals surface area contributed by atoms with E-state index in [0.717, 1.165) is 18.4 Å². The zero-order valence-corrected chi connectivity index (χ0v) is 14.2. The summed E-state index contributed by atoms with van der Waals surface area (Å²) in [7, 11) is 0. The first-order chi connectivity index (χ1) is 10.9. The Balaban J connectivity index is 1.92. The maximum Gasteiger partial charge on any atom is 0.410 e. The number of benzene rings is 1. The van der Waals surface area contributed by atoms with Crippen LogP contribution in [0.3, 0.4) is 0 Å². The van der Waals surface area contributed by atoms with Crippen LogP contribution < -0.4 is 0 Å². The highest BCUT2D eigenvalue weighted by Gasteiger charge is 2.38. The van der Waals surface area contributed by atoms with Crippen LogP contribution in [0.25, 0.3) is 0 Å². The van der Waals surface area contributed by atoms with Gasteiger partial charge in [-0.25, -0.2) is 4.79 Å². The van der Waals surface area contributed by atoms with Crippen LogP contribution in [0.2, 0.25) is 0 Å². The van der Waals surface area contributed by atoms with Crippen molar-refractivity contribution in [3.8, 4) is 0 Å². The third-order valence-corrected chi connectivity index (χ3v) is 3.86. The van der Waals surface area contributed by atoms with Gasteiger partial charge in [-0.3, -0.25) is 4.90 Å². The molecule has 5 nitrogen and oxygen atoms in total. The standard InChI is InChI=1S/C18H27NO4/c1-18(2,3)23-17(21)19-15(11-20)9-10-16(19)13-22-12-14-7-5-4-6-8-14/h4-8,15-16,20H,9-13H2,1-3H3/t15-,16+/m1/s1. The number of nitrogens with zero attached hydrogens (tertiary/aromatic N) is 1. The monoisotopic (exact) mass is 321 g/mol. The van der Waals surface area contributed by atoms with Gasteiger partial charge in [-0.2, -0.15) is 0 Å². The summed E-state index contributed by atoms with van der Waals surface area (Å²) in [5.41, 5.74) is 0.558. The maximum absolute atomic E-state index is 12.4.